The number of carbonyl (C=O) groups excluding carboxylic acids is 2. The van der Waals surface area contributed by atoms with E-state index in [2.05, 4.69) is 4.98 Å². The van der Waals surface area contributed by atoms with Gasteiger partial charge in [-0.2, -0.15) is 0 Å². The molecule has 3 heterocycles. The Balaban J connectivity index is 1.38. The molecular weight excluding hydrogens is 432 g/mol. The number of hydrogen-bond acceptors (Lipinski definition) is 5. The number of ketones is 1. The summed E-state index contributed by atoms with van der Waals surface area (Å²) in [4.78, 5) is 32.8. The summed E-state index contributed by atoms with van der Waals surface area (Å²) in [6.07, 6.45) is 9.25. The first-order valence-corrected chi connectivity index (χ1v) is 12.2. The van der Waals surface area contributed by atoms with E-state index in [-0.39, 0.29) is 18.1 Å². The highest BCUT2D eigenvalue weighted by atomic mass is 35.5. The molecule has 3 aliphatic rings. The third-order valence-corrected chi connectivity index (χ3v) is 7.79. The van der Waals surface area contributed by atoms with Crippen LogP contribution >= 0.6 is 22.9 Å². The highest BCUT2D eigenvalue weighted by Gasteiger charge is 2.42. The van der Waals surface area contributed by atoms with E-state index in [1.807, 2.05) is 23.6 Å². The van der Waals surface area contributed by atoms with Crippen LogP contribution in [0.25, 0.3) is 0 Å². The van der Waals surface area contributed by atoms with Crippen LogP contribution in [0.5, 0.6) is 5.75 Å². The third-order valence-electron chi connectivity index (χ3n) is 6.65. The molecule has 31 heavy (non-hydrogen) atoms. The van der Waals surface area contributed by atoms with Gasteiger partial charge < -0.3 is 9.64 Å². The zero-order valence-corrected chi connectivity index (χ0v) is 18.9. The predicted octanol–water partition coefficient (Wildman–Crippen LogP) is 4.98. The number of fused-ring (bicyclic) bond motifs is 1. The lowest BCUT2D eigenvalue weighted by Crippen LogP contribution is -2.45. The maximum atomic E-state index is 13.4. The number of carbonyl (C=O) groups is 2. The average Bonchev–Trinajstić information content (AvgIpc) is 3.40. The predicted molar refractivity (Wildman–Crippen MR) is 120 cm³/mol. The van der Waals surface area contributed by atoms with Crippen molar-refractivity contribution in [2.75, 3.05) is 6.54 Å². The first-order valence-electron chi connectivity index (χ1n) is 11.0. The number of hydrogen-bond donors (Lipinski definition) is 0. The fraction of sp³-hybridized carbons (Fsp3) is 0.458. The van der Waals surface area contributed by atoms with Gasteiger partial charge in [-0.25, -0.2) is 4.98 Å². The van der Waals surface area contributed by atoms with Crippen LogP contribution in [0.1, 0.15) is 49.1 Å². The second-order valence-corrected chi connectivity index (χ2v) is 10.1. The van der Waals surface area contributed by atoms with Crippen molar-refractivity contribution in [3.8, 4) is 5.75 Å². The monoisotopic (exact) mass is 456 g/mol. The Hall–Kier alpha value is -2.18. The topological polar surface area (TPSA) is 59.5 Å². The number of nitrogens with zero attached hydrogens (tertiary/aromatic N) is 2. The van der Waals surface area contributed by atoms with Crippen LogP contribution in [0.3, 0.4) is 0 Å². The van der Waals surface area contributed by atoms with Gasteiger partial charge in [0, 0.05) is 40.7 Å². The summed E-state index contributed by atoms with van der Waals surface area (Å²) in [5.74, 6) is 1.40. The molecule has 1 saturated carbocycles. The van der Waals surface area contributed by atoms with Crippen molar-refractivity contribution in [1.29, 1.82) is 0 Å². The molecule has 7 heteroatoms. The zero-order chi connectivity index (χ0) is 21.4. The minimum atomic E-state index is -0.438. The van der Waals surface area contributed by atoms with Crippen LogP contribution in [-0.4, -0.2) is 34.2 Å². The van der Waals surface area contributed by atoms with Gasteiger partial charge in [0.1, 0.15) is 5.75 Å². The summed E-state index contributed by atoms with van der Waals surface area (Å²) in [6.45, 7) is 0.430. The van der Waals surface area contributed by atoms with E-state index in [4.69, 9.17) is 16.3 Å². The number of ether oxygens (including phenoxy) is 1. The largest absolute Gasteiger partial charge is 0.451 e. The van der Waals surface area contributed by atoms with E-state index in [0.717, 1.165) is 35.4 Å². The second-order valence-electron chi connectivity index (χ2n) is 8.69. The van der Waals surface area contributed by atoms with Gasteiger partial charge in [0.25, 0.3) is 5.91 Å². The summed E-state index contributed by atoms with van der Waals surface area (Å²) in [5, 5.41) is 3.33. The average molecular weight is 457 g/mol. The van der Waals surface area contributed by atoms with Gasteiger partial charge in [-0.05, 0) is 24.5 Å². The van der Waals surface area contributed by atoms with Gasteiger partial charge in [0.2, 0.25) is 0 Å². The van der Waals surface area contributed by atoms with Crippen molar-refractivity contribution in [2.45, 2.75) is 57.4 Å². The number of halogens is 1. The molecule has 5 nitrogen and oxygen atoms in total. The Kier molecular flexibility index (Phi) is 5.85. The Morgan fingerprint density at radius 3 is 2.90 bits per heavy atom. The first kappa shape index (κ1) is 20.7. The molecular formula is C24H25ClN2O3S. The van der Waals surface area contributed by atoms with Crippen molar-refractivity contribution in [3.05, 3.63) is 56.7 Å². The van der Waals surface area contributed by atoms with Crippen molar-refractivity contribution >= 4 is 34.6 Å². The molecule has 1 aromatic heterocycles. The number of benzene rings is 1. The quantitative estimate of drug-likeness (QED) is 0.615. The maximum Gasteiger partial charge on any atom is 0.290 e. The van der Waals surface area contributed by atoms with Crippen LogP contribution in [0.2, 0.25) is 5.02 Å². The SMILES string of the molecule is O=C(Cc1nccs1)[C@H](CC1CCCCC1)N1CC2=C(Oc3cccc(Cl)c3C2)C1=O. The fourth-order valence-corrected chi connectivity index (χ4v) is 5.90. The lowest BCUT2D eigenvalue weighted by Gasteiger charge is -2.31. The van der Waals surface area contributed by atoms with E-state index < -0.39 is 6.04 Å². The molecule has 2 aromatic rings. The lowest BCUT2D eigenvalue weighted by atomic mass is 9.83. The molecule has 162 valence electrons. The van der Waals surface area contributed by atoms with E-state index in [1.54, 1.807) is 11.1 Å². The van der Waals surface area contributed by atoms with Crippen molar-refractivity contribution < 1.29 is 14.3 Å². The van der Waals surface area contributed by atoms with Gasteiger partial charge in [-0.15, -0.1) is 11.3 Å². The lowest BCUT2D eigenvalue weighted by molar-refractivity contribution is -0.136. The molecule has 1 atom stereocenters. The van der Waals surface area contributed by atoms with E-state index in [0.29, 0.717) is 35.4 Å². The standard InChI is InChI=1S/C24H25ClN2O3S/c25-18-7-4-8-21-17(18)12-16-14-27(24(29)23(16)30-21)19(11-15-5-2-1-3-6-15)20(28)13-22-26-9-10-31-22/h4,7-10,15,19H,1-3,5-6,11-14H2/t19-/m0/s1. The molecule has 0 unspecified atom stereocenters. The third kappa shape index (κ3) is 4.15. The van der Waals surface area contributed by atoms with Crippen LogP contribution in [0.15, 0.2) is 41.1 Å². The Bertz CT molecular complexity index is 1030. The molecule has 2 aliphatic heterocycles. The number of thiazole rings is 1. The number of rotatable bonds is 6. The van der Waals surface area contributed by atoms with Crippen molar-refractivity contribution in [2.24, 2.45) is 5.92 Å². The smallest absolute Gasteiger partial charge is 0.290 e. The highest BCUT2D eigenvalue weighted by molar-refractivity contribution is 7.09. The zero-order valence-electron chi connectivity index (χ0n) is 17.3. The molecule has 0 radical (unpaired) electrons. The van der Waals surface area contributed by atoms with Crippen LogP contribution in [-0.2, 0) is 22.4 Å². The molecule has 0 saturated heterocycles. The van der Waals surface area contributed by atoms with E-state index in [9.17, 15) is 9.59 Å². The molecule has 1 fully saturated rings. The molecule has 5 rings (SSSR count). The number of Topliss-reactive ketones (excluding diaryl/α,β-unsaturated/α-hetero) is 1. The molecule has 1 aliphatic carbocycles. The van der Waals surface area contributed by atoms with Crippen LogP contribution in [0.4, 0.5) is 0 Å². The van der Waals surface area contributed by atoms with Gasteiger partial charge in [0.15, 0.2) is 11.5 Å². The number of amides is 1. The van der Waals surface area contributed by atoms with E-state index in [1.165, 1.54) is 30.6 Å². The van der Waals surface area contributed by atoms with Crippen LogP contribution in [0, 0.1) is 5.92 Å². The summed E-state index contributed by atoms with van der Waals surface area (Å²) < 4.78 is 5.99. The van der Waals surface area contributed by atoms with Gasteiger partial charge >= 0.3 is 0 Å². The fourth-order valence-electron chi connectivity index (χ4n) is 5.04. The maximum absolute atomic E-state index is 13.4. The minimum Gasteiger partial charge on any atom is -0.451 e. The molecule has 0 N–H and O–H groups in total. The minimum absolute atomic E-state index is 0.0734. The Morgan fingerprint density at radius 2 is 2.13 bits per heavy atom. The van der Waals surface area contributed by atoms with Gasteiger partial charge in [-0.1, -0.05) is 49.8 Å². The molecule has 0 bridgehead atoms. The Labute approximate surface area is 191 Å². The van der Waals surface area contributed by atoms with E-state index >= 15 is 0 Å². The van der Waals surface area contributed by atoms with Gasteiger partial charge in [-0.3, -0.25) is 9.59 Å². The Morgan fingerprint density at radius 1 is 1.29 bits per heavy atom. The van der Waals surface area contributed by atoms with Crippen molar-refractivity contribution in [3.63, 3.8) is 0 Å². The number of aromatic nitrogens is 1. The van der Waals surface area contributed by atoms with Gasteiger partial charge in [0.05, 0.1) is 17.5 Å². The summed E-state index contributed by atoms with van der Waals surface area (Å²) >= 11 is 7.85. The first-order chi connectivity index (χ1) is 15.1. The van der Waals surface area contributed by atoms with Crippen molar-refractivity contribution in [1.82, 2.24) is 9.88 Å². The highest BCUT2D eigenvalue weighted by Crippen LogP contribution is 2.39. The second kappa shape index (κ2) is 8.75. The molecule has 0 spiro atoms. The molecule has 1 amide bonds. The normalized spacial score (nSPS) is 19.8. The summed E-state index contributed by atoms with van der Waals surface area (Å²) in [5.41, 5.74) is 1.83. The molecule has 1 aromatic carbocycles. The summed E-state index contributed by atoms with van der Waals surface area (Å²) in [6, 6.07) is 5.07. The van der Waals surface area contributed by atoms with Crippen LogP contribution < -0.4 is 4.74 Å². The summed E-state index contributed by atoms with van der Waals surface area (Å²) in [7, 11) is 0.